The van der Waals surface area contributed by atoms with E-state index in [2.05, 4.69) is 4.98 Å². The van der Waals surface area contributed by atoms with Crippen molar-refractivity contribution in [3.05, 3.63) is 40.9 Å². The first kappa shape index (κ1) is 12.4. The molecule has 0 saturated carbocycles. The first-order valence-electron chi connectivity index (χ1n) is 6.23. The van der Waals surface area contributed by atoms with Gasteiger partial charge in [-0.05, 0) is 19.1 Å². The Kier molecular flexibility index (Phi) is 2.98. The van der Waals surface area contributed by atoms with Crippen LogP contribution in [0.4, 0.5) is 0 Å². The van der Waals surface area contributed by atoms with Crippen molar-refractivity contribution in [1.29, 1.82) is 0 Å². The molecule has 1 aromatic carbocycles. The van der Waals surface area contributed by atoms with Gasteiger partial charge in [0.05, 0.1) is 12.9 Å². The first-order valence-corrected chi connectivity index (χ1v) is 6.23. The summed E-state index contributed by atoms with van der Waals surface area (Å²) in [7, 11) is 0. The Balaban J connectivity index is 2.13. The fraction of sp³-hybridized carbons (Fsp3) is 0.214. The largest absolute Gasteiger partial charge is 0.465 e. The summed E-state index contributed by atoms with van der Waals surface area (Å²) in [5.74, 6) is -0.480. The van der Waals surface area contributed by atoms with Crippen molar-refractivity contribution in [2.45, 2.75) is 13.5 Å². The minimum absolute atomic E-state index is 0.151. The SMILES string of the molecule is CCOC(=O)Cn1cnc2c(oc3ccccc32)c1=O. The number of ether oxygens (including phenoxy) is 1. The van der Waals surface area contributed by atoms with Gasteiger partial charge in [0.15, 0.2) is 0 Å². The second-order valence-corrected chi connectivity index (χ2v) is 4.26. The van der Waals surface area contributed by atoms with Crippen LogP contribution in [0.15, 0.2) is 39.8 Å². The minimum atomic E-state index is -0.480. The van der Waals surface area contributed by atoms with Gasteiger partial charge in [0.2, 0.25) is 5.58 Å². The Labute approximate surface area is 113 Å². The summed E-state index contributed by atoms with van der Waals surface area (Å²) in [5.41, 5.74) is 0.865. The Hall–Kier alpha value is -2.63. The molecule has 0 aliphatic carbocycles. The Morgan fingerprint density at radius 1 is 1.40 bits per heavy atom. The van der Waals surface area contributed by atoms with Gasteiger partial charge >= 0.3 is 5.97 Å². The Morgan fingerprint density at radius 3 is 3.00 bits per heavy atom. The van der Waals surface area contributed by atoms with Crippen LogP contribution in [0.5, 0.6) is 0 Å². The number of hydrogen-bond donors (Lipinski definition) is 0. The third-order valence-electron chi connectivity index (χ3n) is 2.96. The van der Waals surface area contributed by atoms with E-state index in [4.69, 9.17) is 9.15 Å². The molecule has 0 saturated heterocycles. The summed E-state index contributed by atoms with van der Waals surface area (Å²) in [4.78, 5) is 27.9. The van der Waals surface area contributed by atoms with Crippen LogP contribution in [0.2, 0.25) is 0 Å². The summed E-state index contributed by atoms with van der Waals surface area (Å²) in [5, 5.41) is 0.780. The van der Waals surface area contributed by atoms with E-state index in [1.165, 1.54) is 10.9 Å². The fourth-order valence-electron chi connectivity index (χ4n) is 2.07. The van der Waals surface area contributed by atoms with E-state index in [9.17, 15) is 9.59 Å². The van der Waals surface area contributed by atoms with Crippen molar-refractivity contribution < 1.29 is 13.9 Å². The lowest BCUT2D eigenvalue weighted by Gasteiger charge is -2.03. The quantitative estimate of drug-likeness (QED) is 0.678. The summed E-state index contributed by atoms with van der Waals surface area (Å²) in [6.45, 7) is 1.81. The molecule has 0 spiro atoms. The van der Waals surface area contributed by atoms with E-state index in [0.717, 1.165) is 5.39 Å². The number of nitrogens with zero attached hydrogens (tertiary/aromatic N) is 2. The summed E-state index contributed by atoms with van der Waals surface area (Å²) >= 11 is 0. The third kappa shape index (κ3) is 1.95. The molecule has 20 heavy (non-hydrogen) atoms. The molecule has 0 unspecified atom stereocenters. The maximum Gasteiger partial charge on any atom is 0.326 e. The predicted molar refractivity (Wildman–Crippen MR) is 72.4 cm³/mol. The van der Waals surface area contributed by atoms with Gasteiger partial charge in [-0.3, -0.25) is 14.2 Å². The number of rotatable bonds is 3. The maximum atomic E-state index is 12.3. The van der Waals surface area contributed by atoms with Gasteiger partial charge in [0.1, 0.15) is 17.6 Å². The highest BCUT2D eigenvalue weighted by molar-refractivity contribution is 6.01. The van der Waals surface area contributed by atoms with Crippen LogP contribution in [-0.4, -0.2) is 22.1 Å². The molecule has 3 aromatic rings. The van der Waals surface area contributed by atoms with E-state index < -0.39 is 5.97 Å². The number of para-hydroxylation sites is 1. The average molecular weight is 272 g/mol. The highest BCUT2D eigenvalue weighted by atomic mass is 16.5. The number of fused-ring (bicyclic) bond motifs is 3. The molecule has 3 rings (SSSR count). The van der Waals surface area contributed by atoms with Crippen LogP contribution in [0.3, 0.4) is 0 Å². The van der Waals surface area contributed by atoms with Crippen molar-refractivity contribution in [1.82, 2.24) is 9.55 Å². The van der Waals surface area contributed by atoms with Crippen LogP contribution >= 0.6 is 0 Å². The lowest BCUT2D eigenvalue weighted by Crippen LogP contribution is -2.25. The number of hydrogen-bond acceptors (Lipinski definition) is 5. The molecule has 2 aromatic heterocycles. The topological polar surface area (TPSA) is 74.3 Å². The zero-order valence-corrected chi connectivity index (χ0v) is 10.8. The number of carbonyl (C=O) groups is 1. The standard InChI is InChI=1S/C14H12N2O4/c1-2-19-11(17)7-16-8-15-12-9-5-3-4-6-10(9)20-13(12)14(16)18/h3-6,8H,2,7H2,1H3. The van der Waals surface area contributed by atoms with Gasteiger partial charge in [-0.1, -0.05) is 12.1 Å². The molecular formula is C14H12N2O4. The summed E-state index contributed by atoms with van der Waals surface area (Å²) in [6.07, 6.45) is 1.34. The van der Waals surface area contributed by atoms with Gasteiger partial charge in [0, 0.05) is 5.39 Å². The molecule has 0 atom stereocenters. The maximum absolute atomic E-state index is 12.3. The van der Waals surface area contributed by atoms with E-state index >= 15 is 0 Å². The van der Waals surface area contributed by atoms with E-state index in [-0.39, 0.29) is 24.3 Å². The molecule has 0 radical (unpaired) electrons. The van der Waals surface area contributed by atoms with Crippen molar-refractivity contribution >= 4 is 28.0 Å². The van der Waals surface area contributed by atoms with Crippen molar-refractivity contribution in [2.75, 3.05) is 6.61 Å². The van der Waals surface area contributed by atoms with E-state index in [0.29, 0.717) is 11.1 Å². The van der Waals surface area contributed by atoms with Crippen molar-refractivity contribution in [3.8, 4) is 0 Å². The summed E-state index contributed by atoms with van der Waals surface area (Å²) < 4.78 is 11.5. The normalized spacial score (nSPS) is 11.1. The van der Waals surface area contributed by atoms with Crippen LogP contribution in [0.1, 0.15) is 6.92 Å². The lowest BCUT2D eigenvalue weighted by molar-refractivity contribution is -0.143. The molecule has 6 nitrogen and oxygen atoms in total. The van der Waals surface area contributed by atoms with Crippen LogP contribution < -0.4 is 5.56 Å². The van der Waals surface area contributed by atoms with E-state index in [1.54, 1.807) is 13.0 Å². The molecule has 0 amide bonds. The molecule has 102 valence electrons. The number of benzene rings is 1. The first-order chi connectivity index (χ1) is 9.70. The second kappa shape index (κ2) is 4.80. The van der Waals surface area contributed by atoms with Crippen molar-refractivity contribution in [3.63, 3.8) is 0 Å². The average Bonchev–Trinajstić information content (AvgIpc) is 2.82. The van der Waals surface area contributed by atoms with Gasteiger partial charge in [-0.15, -0.1) is 0 Å². The highest BCUT2D eigenvalue weighted by Gasteiger charge is 2.14. The van der Waals surface area contributed by atoms with Crippen LogP contribution in [0.25, 0.3) is 22.1 Å². The van der Waals surface area contributed by atoms with Gasteiger partial charge in [-0.25, -0.2) is 4.98 Å². The molecule has 0 aliphatic rings. The minimum Gasteiger partial charge on any atom is -0.465 e. The van der Waals surface area contributed by atoms with Crippen molar-refractivity contribution in [2.24, 2.45) is 0 Å². The molecular weight excluding hydrogens is 260 g/mol. The smallest absolute Gasteiger partial charge is 0.326 e. The molecule has 0 aliphatic heterocycles. The molecule has 2 heterocycles. The number of aromatic nitrogens is 2. The Bertz CT molecular complexity index is 847. The van der Waals surface area contributed by atoms with Crippen LogP contribution in [-0.2, 0) is 16.1 Å². The van der Waals surface area contributed by atoms with Gasteiger partial charge < -0.3 is 9.15 Å². The predicted octanol–water partition coefficient (Wildman–Crippen LogP) is 1.71. The van der Waals surface area contributed by atoms with Gasteiger partial charge in [-0.2, -0.15) is 0 Å². The molecule has 0 fully saturated rings. The number of esters is 1. The molecule has 0 bridgehead atoms. The Morgan fingerprint density at radius 2 is 2.20 bits per heavy atom. The second-order valence-electron chi connectivity index (χ2n) is 4.26. The monoisotopic (exact) mass is 272 g/mol. The molecule has 6 heteroatoms. The van der Waals surface area contributed by atoms with Crippen LogP contribution in [0, 0.1) is 0 Å². The third-order valence-corrected chi connectivity index (χ3v) is 2.96. The zero-order chi connectivity index (χ0) is 14.1. The van der Waals surface area contributed by atoms with E-state index in [1.807, 2.05) is 18.2 Å². The number of carbonyl (C=O) groups excluding carboxylic acids is 1. The highest BCUT2D eigenvalue weighted by Crippen LogP contribution is 2.23. The summed E-state index contributed by atoms with van der Waals surface area (Å²) in [6, 6.07) is 7.28. The zero-order valence-electron chi connectivity index (χ0n) is 10.8. The molecule has 0 N–H and O–H groups in total. The number of furan rings is 1. The lowest BCUT2D eigenvalue weighted by atomic mass is 10.2. The fourth-order valence-corrected chi connectivity index (χ4v) is 2.07. The van der Waals surface area contributed by atoms with Gasteiger partial charge in [0.25, 0.3) is 5.56 Å².